The number of carbonyl (C=O) groups excluding carboxylic acids is 3. The molecule has 1 heterocycles. The van der Waals surface area contributed by atoms with Gasteiger partial charge >= 0.3 is 5.97 Å². The van der Waals surface area contributed by atoms with E-state index in [-0.39, 0.29) is 13.8 Å². The minimum Gasteiger partial charge on any atom is -0.457 e. The monoisotopic (exact) mass is 620 g/mol. The normalized spacial score (nSPS) is 83.2. The molecule has 0 radical (unpaired) electrons. The van der Waals surface area contributed by atoms with Crippen molar-refractivity contribution < 1.29 is 83.1 Å². The van der Waals surface area contributed by atoms with E-state index in [9.17, 15) is 31.5 Å². The third-order valence-electron chi connectivity index (χ3n) is 7.59. The van der Waals surface area contributed by atoms with Gasteiger partial charge in [0.05, 0.1) is 27.6 Å². The van der Waals surface area contributed by atoms with Crippen LogP contribution in [0.3, 0.4) is 0 Å². The Balaban J connectivity index is 1.98. The van der Waals surface area contributed by atoms with Gasteiger partial charge in [-0.3, -0.25) is 14.4 Å². The molecule has 7 heteroatoms. The molecule has 0 aromatic heterocycles. The van der Waals surface area contributed by atoms with Crippen molar-refractivity contribution in [1.82, 2.24) is 0 Å². The Labute approximate surface area is 302 Å². The second-order valence-electron chi connectivity index (χ2n) is 9.79. The average molecular weight is 620 g/mol. The number of carbonyl (C=O) groups is 3. The molecule has 6 rings (SSSR count). The molecule has 232 valence electrons. The van der Waals surface area contributed by atoms with E-state index in [0.29, 0.717) is 6.92 Å². The summed E-state index contributed by atoms with van der Waals surface area (Å²) in [6, 6.07) is -3.39. The Morgan fingerprint density at radius 1 is 1.36 bits per heavy atom. The van der Waals surface area contributed by atoms with Crippen molar-refractivity contribution in [3.63, 3.8) is 0 Å². The number of aliphatic hydroxyl groups is 1. The Morgan fingerprint density at radius 3 is 2.86 bits per heavy atom. The maximum Gasteiger partial charge on any atom is 0.309 e. The molecule has 42 heavy (non-hydrogen) atoms. The van der Waals surface area contributed by atoms with Crippen molar-refractivity contribution >= 4 is 17.5 Å². The van der Waals surface area contributed by atoms with Crippen molar-refractivity contribution in [3.05, 3.63) is 23.3 Å². The highest BCUT2D eigenvalue weighted by atomic mass is 16.7. The number of fused-ring (bicyclic) bond motifs is 7. The summed E-state index contributed by atoms with van der Waals surface area (Å²) >= 11 is 0. The molecule has 1 aliphatic heterocycles. The number of ketones is 2. The zero-order valence-electron chi connectivity index (χ0n) is 59.3. The molecule has 4 saturated carbocycles. The summed E-state index contributed by atoms with van der Waals surface area (Å²) in [6.45, 7) is -13.5. The largest absolute Gasteiger partial charge is 0.457 e. The van der Waals surface area contributed by atoms with Crippen molar-refractivity contribution in [1.29, 1.82) is 1.43 Å². The van der Waals surface area contributed by atoms with Gasteiger partial charge in [-0.05, 0) is 74.5 Å². The fraction of sp³-hybridized carbons (Fsp3) is 0.800. The first-order valence-electron chi connectivity index (χ1n) is 31.1. The van der Waals surface area contributed by atoms with Gasteiger partial charge in [0.1, 0.15) is 0 Å². The first-order chi connectivity index (χ1) is 34.4. The maximum absolute atomic E-state index is 16.2. The fourth-order valence-corrected chi connectivity index (χ4v) is 5.36. The van der Waals surface area contributed by atoms with E-state index in [1.54, 1.807) is 0 Å². The first-order valence-corrected chi connectivity index (χ1v) is 12.2. The Hall–Kier alpha value is -1.83. The van der Waals surface area contributed by atoms with Gasteiger partial charge in [0.25, 0.3) is 0 Å². The fourth-order valence-electron chi connectivity index (χ4n) is 5.36. The molecule has 1 N–H and O–H groups in total. The first kappa shape index (κ1) is 9.13. The lowest BCUT2D eigenvalue weighted by Gasteiger charge is -2.62. The molecule has 1 saturated heterocycles. The van der Waals surface area contributed by atoms with Crippen LogP contribution in [0.1, 0.15) is 148 Å². The molecule has 0 aromatic carbocycles. The summed E-state index contributed by atoms with van der Waals surface area (Å²) in [5.41, 5.74) is -17.6. The molecule has 6 aliphatic rings. The molecule has 5 fully saturated rings. The Kier molecular flexibility index (Phi) is 2.32. The molecule has 0 bridgehead atoms. The van der Waals surface area contributed by atoms with E-state index in [1.165, 1.54) is 0 Å². The van der Waals surface area contributed by atoms with Crippen LogP contribution in [-0.2, 0) is 28.6 Å². The number of esters is 1. The third-order valence-corrected chi connectivity index (χ3v) is 7.59. The molecule has 2 unspecified atom stereocenters. The van der Waals surface area contributed by atoms with Crippen LogP contribution in [0.15, 0.2) is 23.3 Å². The number of ether oxygens (including phenoxy) is 3. The summed E-state index contributed by atoms with van der Waals surface area (Å²) in [7, 11) is 0. The van der Waals surface area contributed by atoms with Crippen LogP contribution in [-0.4, -0.2) is 54.7 Å². The van der Waals surface area contributed by atoms with E-state index in [4.69, 9.17) is 43.4 Å². The minimum atomic E-state index is -5.59. The molecule has 0 amide bonds. The number of hydrogen-bond donors (Lipinski definition) is 1. The van der Waals surface area contributed by atoms with E-state index in [0.717, 1.165) is 0 Å². The predicted molar refractivity (Wildman–Crippen MR) is 157 cm³/mol. The highest BCUT2D eigenvalue weighted by molar-refractivity contribution is 6.05. The summed E-state index contributed by atoms with van der Waals surface area (Å²) < 4.78 is 352. The quantitative estimate of drug-likeness (QED) is 0.364. The SMILES string of the molecule is [2H]C[C@]12C([2H])=C(C)C(=O)C([2H])=C1C([2H])([2H])C([2H])([2H])[C@@]1([2H])[C@]3([2H])C([2H])([2H])[C@@]4([2H])O[C@@]([2H])(C5([2H])C([2H])([2H])C([2H])([2H])C([2H])([2H])C([2H])([2H])C5([2H])[2H])O[C@@]4(C(=O)C([2H])([2H])OC(=O)C([2H])(C([2H])([2H])[2H])C([2H])([2H])C)[C@@]3(C[2H])C([2H])(C)[C@]([2H])(O[2H])[C@]21[2H]. The number of allylic oxidation sites excluding steroid dienone is 4. The van der Waals surface area contributed by atoms with Gasteiger partial charge in [0, 0.05) is 62.4 Å². The van der Waals surface area contributed by atoms with Crippen molar-refractivity contribution in [2.75, 3.05) is 6.56 Å². The summed E-state index contributed by atoms with van der Waals surface area (Å²) in [5, 5.41) is 4.73. The van der Waals surface area contributed by atoms with Crippen LogP contribution in [0.25, 0.3) is 0 Å². The molecular formula is C35H50O7. The smallest absolute Gasteiger partial charge is 0.309 e. The molecular weight excluding hydrogens is 532 g/mol. The van der Waals surface area contributed by atoms with Crippen molar-refractivity contribution in [3.8, 4) is 0 Å². The van der Waals surface area contributed by atoms with Crippen LogP contribution in [0.5, 0.6) is 0 Å². The molecule has 7 nitrogen and oxygen atoms in total. The van der Waals surface area contributed by atoms with Gasteiger partial charge in [-0.1, -0.05) is 65.2 Å². The molecule has 11 atom stereocenters. The van der Waals surface area contributed by atoms with Crippen LogP contribution in [0.2, 0.25) is 0 Å². The van der Waals surface area contributed by atoms with Gasteiger partial charge in [-0.25, -0.2) is 0 Å². The van der Waals surface area contributed by atoms with Crippen LogP contribution in [0.4, 0.5) is 0 Å². The van der Waals surface area contributed by atoms with Crippen LogP contribution < -0.4 is 0 Å². The van der Waals surface area contributed by atoms with Gasteiger partial charge < -0.3 is 19.3 Å². The zero-order valence-corrected chi connectivity index (χ0v) is 22.3. The maximum atomic E-state index is 16.2. The summed E-state index contributed by atoms with van der Waals surface area (Å²) in [5.74, 6) is -38.1. The van der Waals surface area contributed by atoms with Gasteiger partial charge in [0.15, 0.2) is 24.2 Å². The van der Waals surface area contributed by atoms with Gasteiger partial charge in [-0.15, -0.1) is 0 Å². The van der Waals surface area contributed by atoms with E-state index < -0.39 is 196 Å². The number of Topliss-reactive ketones (excluding diaryl/α,β-unsaturated/α-hetero) is 1. The van der Waals surface area contributed by atoms with Crippen molar-refractivity contribution in [2.24, 2.45) is 46.2 Å². The summed E-state index contributed by atoms with van der Waals surface area (Å²) in [6.07, 6.45) is -58.8. The van der Waals surface area contributed by atoms with E-state index in [2.05, 4.69) is 4.74 Å². The average Bonchev–Trinajstić information content (AvgIpc) is 3.60. The van der Waals surface area contributed by atoms with Gasteiger partial charge in [-0.2, -0.15) is 0 Å². The zero-order chi connectivity index (χ0) is 62.8. The van der Waals surface area contributed by atoms with Crippen LogP contribution >= 0.6 is 0 Å². The van der Waals surface area contributed by atoms with E-state index in [1.807, 2.05) is 0 Å². The lowest BCUT2D eigenvalue weighted by Crippen LogP contribution is -2.67. The molecule has 5 aliphatic carbocycles. The highest BCUT2D eigenvalue weighted by Gasteiger charge is 2.78. The lowest BCUT2D eigenvalue weighted by atomic mass is 9.43. The lowest BCUT2D eigenvalue weighted by molar-refractivity contribution is -0.229. The topological polar surface area (TPSA) is 99.1 Å². The third kappa shape index (κ3) is 4.12. The van der Waals surface area contributed by atoms with Crippen molar-refractivity contribution in [2.45, 2.75) is 123 Å². The predicted octanol–water partition coefficient (Wildman–Crippen LogP) is 5.73. The number of rotatable bonds is 7. The Bertz CT molecular complexity index is 2740. The van der Waals surface area contributed by atoms with E-state index >= 15 is 4.79 Å². The number of hydrogen-bond acceptors (Lipinski definition) is 7. The second kappa shape index (κ2) is 10.7. The highest BCUT2D eigenvalue weighted by Crippen LogP contribution is 2.71. The van der Waals surface area contributed by atoms with Gasteiger partial charge in [0.2, 0.25) is 7.21 Å². The summed E-state index contributed by atoms with van der Waals surface area (Å²) in [4.78, 5) is 43.8. The Morgan fingerprint density at radius 2 is 2.17 bits per heavy atom. The molecule has 0 aromatic rings. The minimum absolute atomic E-state index is 0.0277. The molecule has 0 spiro atoms. The second-order valence-corrected chi connectivity index (χ2v) is 9.79. The standard InChI is InChI=1S/C35H50O7/c1-7-19(2)31(39)40-18-27(37)35-28(41-32(42-35)22-11-9-8-10-12-22)16-25-24-14-13-23-15-26(36)20(3)17-33(23,5)29(24)30(38)21(4)34(25,35)6/h15,17,19,21-22,24-25,28-30,32,38H,7-14,16,18H2,1-6H3/t19?,21?,24-,25-,28+,29+,30-,32+,33-,34-,35+/m0/s1/i2D3,5D,6D,7D2,8D2,9D2,10D2,11D2,12D2,13D2,14D2,15D,16D2,17D,18D2,19D,21D,22D,24D,25D,28D,29D,30D,32D,38D. The van der Waals surface area contributed by atoms with Crippen LogP contribution in [0, 0.1) is 46.2 Å².